The smallest absolute Gasteiger partial charge is 0.306 e. The van der Waals surface area contributed by atoms with Crippen LogP contribution in [0, 0.1) is 41.4 Å². The molecule has 0 radical (unpaired) electrons. The van der Waals surface area contributed by atoms with Gasteiger partial charge >= 0.3 is 5.97 Å². The van der Waals surface area contributed by atoms with E-state index in [1.165, 1.54) is 5.57 Å². The fraction of sp³-hybridized carbons (Fsp3) is 0.857. The summed E-state index contributed by atoms with van der Waals surface area (Å²) in [6, 6.07) is -0.0296. The maximum atomic E-state index is 14.9. The molecule has 61 heavy (non-hydrogen) atoms. The van der Waals surface area contributed by atoms with Crippen LogP contribution in [-0.2, 0) is 52.3 Å². The van der Waals surface area contributed by atoms with Crippen LogP contribution in [-0.4, -0.2) is 118 Å². The summed E-state index contributed by atoms with van der Waals surface area (Å²) in [6.45, 7) is 14.5. The number of carbonyl (C=O) groups is 3. The standard InChI is InChI=1S/C49H79NO11/c1-12-16-31(17-13-2)48(53)50(8)40-20-21-43(57-29(40)6)61-41-19-15-18-32(14-3)59-42(51)26-38-35-22-27(4)34-23-33(24-36(34)37(35)25-39(38)44(52)28(41)5)60-49-47(56-11)46(55-10)45(54-9)30(7)58-49/h22,25,28-38,40-41,43,45-47,49H,12-21,23-24,26H2,1-11H3/t28-,29?,30?,32+,33-,34+,35-,36-,37-,38+,40+,41+,43+,45+,46?,47?,49+/m1/s1. The van der Waals surface area contributed by atoms with E-state index >= 15 is 0 Å². The van der Waals surface area contributed by atoms with Crippen molar-refractivity contribution in [2.24, 2.45) is 41.4 Å². The quantitative estimate of drug-likeness (QED) is 0.125. The highest BCUT2D eigenvalue weighted by Gasteiger charge is 2.54. The number of carbonyl (C=O) groups excluding carboxylic acids is 3. The lowest BCUT2D eigenvalue weighted by Gasteiger charge is -2.44. The maximum Gasteiger partial charge on any atom is 0.306 e. The van der Waals surface area contributed by atoms with Crippen LogP contribution < -0.4 is 0 Å². The third-order valence-corrected chi connectivity index (χ3v) is 15.5. The second-order valence-corrected chi connectivity index (χ2v) is 19.2. The van der Waals surface area contributed by atoms with E-state index in [9.17, 15) is 14.4 Å². The average Bonchev–Trinajstić information content (AvgIpc) is 3.82. The van der Waals surface area contributed by atoms with Crippen LogP contribution in [0.2, 0.25) is 0 Å². The largest absolute Gasteiger partial charge is 0.462 e. The summed E-state index contributed by atoms with van der Waals surface area (Å²) in [4.78, 5) is 44.1. The van der Waals surface area contributed by atoms with Crippen molar-refractivity contribution in [3.8, 4) is 0 Å². The monoisotopic (exact) mass is 858 g/mol. The lowest BCUT2D eigenvalue weighted by Crippen LogP contribution is -2.59. The molecule has 12 nitrogen and oxygen atoms in total. The summed E-state index contributed by atoms with van der Waals surface area (Å²) in [6.07, 6.45) is 11.1. The van der Waals surface area contributed by atoms with Crippen LogP contribution in [0.5, 0.6) is 0 Å². The Hall–Kier alpha value is -2.19. The molecule has 0 aromatic carbocycles. The number of fused-ring (bicyclic) bond motifs is 5. The molecule has 3 heterocycles. The number of hydrogen-bond acceptors (Lipinski definition) is 11. The van der Waals surface area contributed by atoms with E-state index in [2.05, 4.69) is 39.8 Å². The molecule has 1 amide bonds. The van der Waals surface area contributed by atoms with E-state index in [4.69, 9.17) is 37.9 Å². The SMILES string of the molecule is CCCC(CCC)C(=O)N(C)[C@H]1CC[C@H](O[C@H]2CCC[C@H](CC)OC(=O)C[C@@H]3C(=C[C@@H]4[C@H]3C=C(C)[C@@H]3C[C@@H](O[C@@H]5OC(C)[C@H](OC)C(OC)C5OC)C[C@@H]43)C(=O)[C@@H]2C)OC1C. The van der Waals surface area contributed by atoms with Crippen LogP contribution in [0.25, 0.3) is 0 Å². The molecule has 17 atom stereocenters. The van der Waals surface area contributed by atoms with Crippen LogP contribution in [0.4, 0.5) is 0 Å². The lowest BCUT2D eigenvalue weighted by atomic mass is 9.67. The zero-order chi connectivity index (χ0) is 44.1. The first-order valence-corrected chi connectivity index (χ1v) is 23.9. The summed E-state index contributed by atoms with van der Waals surface area (Å²) in [5, 5.41) is 0. The molecule has 3 saturated heterocycles. The minimum absolute atomic E-state index is 0.00695. The Bertz CT molecular complexity index is 1540. The third-order valence-electron chi connectivity index (χ3n) is 15.5. The van der Waals surface area contributed by atoms with Gasteiger partial charge in [-0.2, -0.15) is 0 Å². The predicted octanol–water partition coefficient (Wildman–Crippen LogP) is 7.99. The molecule has 346 valence electrons. The molecular formula is C49H79NO11. The van der Waals surface area contributed by atoms with Gasteiger partial charge in [-0.05, 0) is 108 Å². The Morgan fingerprint density at radius 3 is 2.16 bits per heavy atom. The summed E-state index contributed by atoms with van der Waals surface area (Å²) in [5.41, 5.74) is 2.02. The van der Waals surface area contributed by atoms with Crippen molar-refractivity contribution in [2.45, 2.75) is 199 Å². The van der Waals surface area contributed by atoms with Gasteiger partial charge in [0.2, 0.25) is 5.91 Å². The first kappa shape index (κ1) is 48.3. The third kappa shape index (κ3) is 10.5. The van der Waals surface area contributed by atoms with Crippen LogP contribution in [0.15, 0.2) is 23.3 Å². The van der Waals surface area contributed by atoms with Gasteiger partial charge in [0.1, 0.15) is 24.4 Å². The maximum absolute atomic E-state index is 14.9. The molecular weight excluding hydrogens is 779 g/mol. The molecule has 1 saturated carbocycles. The molecule has 0 N–H and O–H groups in total. The van der Waals surface area contributed by atoms with Crippen LogP contribution >= 0.6 is 0 Å². The summed E-state index contributed by atoms with van der Waals surface area (Å²) >= 11 is 0. The van der Waals surface area contributed by atoms with E-state index in [1.54, 1.807) is 21.3 Å². The van der Waals surface area contributed by atoms with E-state index in [1.807, 2.05) is 32.7 Å². The topological polar surface area (TPSA) is 128 Å². The number of Topliss-reactive ketones (excluding diaryl/α,β-unsaturated/α-hetero) is 1. The summed E-state index contributed by atoms with van der Waals surface area (Å²) in [5.74, 6) is -0.0299. The number of methoxy groups -OCH3 is 3. The highest BCUT2D eigenvalue weighted by atomic mass is 16.7. The fourth-order valence-corrected chi connectivity index (χ4v) is 12.1. The second-order valence-electron chi connectivity index (χ2n) is 19.2. The number of allylic oxidation sites excluding steroid dienone is 4. The molecule has 0 spiro atoms. The van der Waals surface area contributed by atoms with Crippen molar-refractivity contribution < 1.29 is 52.3 Å². The molecule has 4 fully saturated rings. The van der Waals surface area contributed by atoms with Gasteiger partial charge in [0.25, 0.3) is 0 Å². The van der Waals surface area contributed by atoms with Crippen LogP contribution in [0.3, 0.4) is 0 Å². The van der Waals surface area contributed by atoms with E-state index in [-0.39, 0.29) is 108 Å². The van der Waals surface area contributed by atoms with E-state index in [0.717, 1.165) is 63.4 Å². The van der Waals surface area contributed by atoms with Gasteiger partial charge in [-0.1, -0.05) is 58.3 Å². The fourth-order valence-electron chi connectivity index (χ4n) is 12.1. The number of esters is 1. The zero-order valence-corrected chi connectivity index (χ0v) is 39.2. The van der Waals surface area contributed by atoms with Crippen molar-refractivity contribution in [3.05, 3.63) is 23.3 Å². The van der Waals surface area contributed by atoms with Crippen molar-refractivity contribution >= 4 is 17.7 Å². The van der Waals surface area contributed by atoms with Crippen molar-refractivity contribution in [2.75, 3.05) is 28.4 Å². The molecule has 6 rings (SSSR count). The van der Waals surface area contributed by atoms with Crippen molar-refractivity contribution in [3.63, 3.8) is 0 Å². The molecule has 3 aliphatic heterocycles. The first-order chi connectivity index (χ1) is 29.3. The van der Waals surface area contributed by atoms with E-state index < -0.39 is 24.6 Å². The number of nitrogens with zero attached hydrogens (tertiary/aromatic N) is 1. The van der Waals surface area contributed by atoms with Crippen molar-refractivity contribution in [1.82, 2.24) is 4.90 Å². The highest BCUT2D eigenvalue weighted by Crippen LogP contribution is 2.56. The van der Waals surface area contributed by atoms with Gasteiger partial charge in [-0.15, -0.1) is 0 Å². The Morgan fingerprint density at radius 1 is 0.820 bits per heavy atom. The Kier molecular flexibility index (Phi) is 17.1. The zero-order valence-electron chi connectivity index (χ0n) is 39.2. The molecule has 6 aliphatic rings. The number of cyclic esters (lactones) is 1. The van der Waals surface area contributed by atoms with Gasteiger partial charge in [0.15, 0.2) is 18.4 Å². The lowest BCUT2D eigenvalue weighted by molar-refractivity contribution is -0.314. The van der Waals surface area contributed by atoms with E-state index in [0.29, 0.717) is 19.3 Å². The Morgan fingerprint density at radius 2 is 1.52 bits per heavy atom. The number of hydrogen-bond donors (Lipinski definition) is 0. The number of rotatable bonds is 14. The van der Waals surface area contributed by atoms with Gasteiger partial charge in [0.05, 0.1) is 36.9 Å². The van der Waals surface area contributed by atoms with Gasteiger partial charge in [-0.25, -0.2) is 0 Å². The molecule has 0 bridgehead atoms. The van der Waals surface area contributed by atoms with Gasteiger partial charge in [0, 0.05) is 52.6 Å². The van der Waals surface area contributed by atoms with Gasteiger partial charge in [-0.3, -0.25) is 14.4 Å². The average molecular weight is 858 g/mol. The Labute approximate surface area is 366 Å². The number of ether oxygens (including phenoxy) is 8. The summed E-state index contributed by atoms with van der Waals surface area (Å²) in [7, 11) is 6.90. The molecule has 12 heteroatoms. The molecule has 0 aromatic heterocycles. The van der Waals surface area contributed by atoms with Crippen LogP contribution in [0.1, 0.15) is 132 Å². The van der Waals surface area contributed by atoms with Gasteiger partial charge < -0.3 is 42.8 Å². The molecule has 3 aliphatic carbocycles. The number of likely N-dealkylation sites (N-methyl/N-ethyl adjacent to an activating group) is 1. The molecule has 0 aromatic rings. The highest BCUT2D eigenvalue weighted by molar-refractivity contribution is 5.99. The minimum atomic E-state index is -0.617. The minimum Gasteiger partial charge on any atom is -0.462 e. The normalized spacial score (nSPS) is 40.8. The number of amides is 1. The molecule has 4 unspecified atom stereocenters. The predicted molar refractivity (Wildman–Crippen MR) is 231 cm³/mol. The second kappa shape index (κ2) is 21.7. The first-order valence-electron chi connectivity index (χ1n) is 23.9. The Balaban J connectivity index is 1.19. The number of ketones is 1. The van der Waals surface area contributed by atoms with Crippen molar-refractivity contribution in [1.29, 1.82) is 0 Å². The summed E-state index contributed by atoms with van der Waals surface area (Å²) < 4.78 is 50.2.